The summed E-state index contributed by atoms with van der Waals surface area (Å²) in [5.41, 5.74) is 0.899. The first-order valence-corrected chi connectivity index (χ1v) is 15.1. The summed E-state index contributed by atoms with van der Waals surface area (Å²) >= 11 is 0. The van der Waals surface area contributed by atoms with E-state index in [1.165, 1.54) is 4.31 Å². The second-order valence-corrected chi connectivity index (χ2v) is 13.5. The molecule has 214 valence electrons. The van der Waals surface area contributed by atoms with Crippen LogP contribution in [0.25, 0.3) is 5.65 Å². The molecule has 1 spiro atoms. The lowest BCUT2D eigenvalue weighted by Gasteiger charge is -2.47. The highest BCUT2D eigenvalue weighted by atomic mass is 32.2. The standard InChI is InChI=1S/C29H36N4O6S/c1-28(2,3)39-27(35)32-15-4-13-29(20-32)21-33(17-18-38-29)40(36,37)24-9-5-22(6-10-24)7-11-25(34)23-8-12-26-30-14-16-31(26)19-23/h5-6,8-10,12,14,16,19H,4,7,11,13,15,17-18,20-21H2,1-3H3. The Bertz CT molecular complexity index is 1490. The number of hydrogen-bond donors (Lipinski definition) is 0. The van der Waals surface area contributed by atoms with Gasteiger partial charge in [-0.3, -0.25) is 4.79 Å². The van der Waals surface area contributed by atoms with E-state index in [1.807, 2.05) is 31.2 Å². The van der Waals surface area contributed by atoms with Crippen molar-refractivity contribution in [2.75, 3.05) is 32.8 Å². The largest absolute Gasteiger partial charge is 0.444 e. The number of hydrogen-bond acceptors (Lipinski definition) is 7. The number of piperidine rings is 1. The highest BCUT2D eigenvalue weighted by molar-refractivity contribution is 7.89. The minimum Gasteiger partial charge on any atom is -0.444 e. The number of aryl methyl sites for hydroxylation is 1. The maximum Gasteiger partial charge on any atom is 0.410 e. The first-order valence-electron chi connectivity index (χ1n) is 13.6. The van der Waals surface area contributed by atoms with Gasteiger partial charge in [0.15, 0.2) is 5.78 Å². The van der Waals surface area contributed by atoms with E-state index in [4.69, 9.17) is 9.47 Å². The minimum absolute atomic E-state index is 0.0128. The number of carbonyl (C=O) groups excluding carboxylic acids is 2. The summed E-state index contributed by atoms with van der Waals surface area (Å²) in [6.07, 6.45) is 7.03. The summed E-state index contributed by atoms with van der Waals surface area (Å²) in [5.74, 6) is 0.0128. The Balaban J connectivity index is 1.22. The van der Waals surface area contributed by atoms with Crippen molar-refractivity contribution >= 4 is 27.5 Å². The van der Waals surface area contributed by atoms with E-state index in [9.17, 15) is 18.0 Å². The molecule has 1 amide bonds. The molecule has 0 N–H and O–H groups in total. The Kier molecular flexibility index (Phi) is 7.73. The molecule has 4 heterocycles. The number of ketones is 1. The third kappa shape index (κ3) is 6.21. The monoisotopic (exact) mass is 568 g/mol. The molecule has 0 aliphatic carbocycles. The van der Waals surface area contributed by atoms with Crippen LogP contribution in [0.5, 0.6) is 0 Å². The number of Topliss-reactive ketones (excluding diaryl/α,β-unsaturated/α-hetero) is 1. The summed E-state index contributed by atoms with van der Waals surface area (Å²) in [4.78, 5) is 31.4. The van der Waals surface area contributed by atoms with Crippen molar-refractivity contribution in [3.63, 3.8) is 0 Å². The van der Waals surface area contributed by atoms with E-state index in [-0.39, 0.29) is 36.9 Å². The van der Waals surface area contributed by atoms with Crippen LogP contribution in [0, 0.1) is 0 Å². The Labute approximate surface area is 234 Å². The van der Waals surface area contributed by atoms with Crippen LogP contribution in [-0.4, -0.2) is 82.9 Å². The molecule has 2 saturated heterocycles. The van der Waals surface area contributed by atoms with Gasteiger partial charge in [0.1, 0.15) is 11.2 Å². The average molecular weight is 569 g/mol. The van der Waals surface area contributed by atoms with Crippen molar-refractivity contribution in [2.24, 2.45) is 0 Å². The molecule has 40 heavy (non-hydrogen) atoms. The molecule has 2 aliphatic rings. The number of sulfonamides is 1. The predicted octanol–water partition coefficient (Wildman–Crippen LogP) is 3.94. The van der Waals surface area contributed by atoms with Crippen LogP contribution >= 0.6 is 0 Å². The number of amides is 1. The number of morpholine rings is 1. The van der Waals surface area contributed by atoms with Crippen molar-refractivity contribution in [3.05, 3.63) is 66.1 Å². The molecule has 11 heteroatoms. The van der Waals surface area contributed by atoms with E-state index in [0.29, 0.717) is 37.8 Å². The molecule has 5 rings (SSSR count). The van der Waals surface area contributed by atoms with Crippen molar-refractivity contribution in [3.8, 4) is 0 Å². The highest BCUT2D eigenvalue weighted by Gasteiger charge is 2.45. The van der Waals surface area contributed by atoms with Gasteiger partial charge in [-0.15, -0.1) is 0 Å². The smallest absolute Gasteiger partial charge is 0.410 e. The molecule has 0 saturated carbocycles. The van der Waals surface area contributed by atoms with Crippen molar-refractivity contribution < 1.29 is 27.5 Å². The molecule has 2 aliphatic heterocycles. The van der Waals surface area contributed by atoms with Gasteiger partial charge in [-0.05, 0) is 69.9 Å². The van der Waals surface area contributed by atoms with Gasteiger partial charge in [-0.2, -0.15) is 4.31 Å². The molecule has 3 aromatic rings. The third-order valence-corrected chi connectivity index (χ3v) is 9.18. The highest BCUT2D eigenvalue weighted by Crippen LogP contribution is 2.32. The molecule has 2 aromatic heterocycles. The molecule has 2 fully saturated rings. The Morgan fingerprint density at radius 3 is 2.60 bits per heavy atom. The molecular weight excluding hydrogens is 532 g/mol. The van der Waals surface area contributed by atoms with Crippen molar-refractivity contribution in [1.82, 2.24) is 18.6 Å². The second-order valence-electron chi connectivity index (χ2n) is 11.6. The third-order valence-electron chi connectivity index (χ3n) is 7.32. The van der Waals surface area contributed by atoms with Crippen LogP contribution in [0.15, 0.2) is 59.9 Å². The maximum absolute atomic E-state index is 13.6. The molecule has 1 aromatic carbocycles. The number of likely N-dealkylation sites (tertiary alicyclic amines) is 1. The zero-order chi connectivity index (χ0) is 28.5. The summed E-state index contributed by atoms with van der Waals surface area (Å²) in [6.45, 7) is 6.97. The number of pyridine rings is 1. The topological polar surface area (TPSA) is 111 Å². The fraction of sp³-hybridized carbons (Fsp3) is 0.483. The van der Waals surface area contributed by atoms with Gasteiger partial charge < -0.3 is 18.8 Å². The fourth-order valence-electron chi connectivity index (χ4n) is 5.31. The number of carbonyl (C=O) groups is 2. The van der Waals surface area contributed by atoms with Crippen LogP contribution in [0.3, 0.4) is 0 Å². The first-order chi connectivity index (χ1) is 18.9. The van der Waals surface area contributed by atoms with Gasteiger partial charge >= 0.3 is 6.09 Å². The molecule has 0 bridgehead atoms. The number of aromatic nitrogens is 2. The molecule has 0 radical (unpaired) electrons. The average Bonchev–Trinajstić information content (AvgIpc) is 3.39. The normalized spacial score (nSPS) is 20.6. The predicted molar refractivity (Wildman–Crippen MR) is 149 cm³/mol. The van der Waals surface area contributed by atoms with E-state index >= 15 is 0 Å². The van der Waals surface area contributed by atoms with E-state index in [1.54, 1.807) is 53.8 Å². The summed E-state index contributed by atoms with van der Waals surface area (Å²) in [7, 11) is -3.77. The quantitative estimate of drug-likeness (QED) is 0.414. The fourth-order valence-corrected chi connectivity index (χ4v) is 6.81. The van der Waals surface area contributed by atoms with E-state index in [2.05, 4.69) is 4.98 Å². The molecular formula is C29H36N4O6S. The van der Waals surface area contributed by atoms with Crippen molar-refractivity contribution in [1.29, 1.82) is 0 Å². The number of benzene rings is 1. The van der Waals surface area contributed by atoms with Gasteiger partial charge in [0.05, 0.1) is 23.6 Å². The maximum atomic E-state index is 13.6. The number of imidazole rings is 1. The van der Waals surface area contributed by atoms with E-state index in [0.717, 1.165) is 11.2 Å². The van der Waals surface area contributed by atoms with Crippen LogP contribution in [0.2, 0.25) is 0 Å². The van der Waals surface area contributed by atoms with Crippen LogP contribution in [0.4, 0.5) is 4.79 Å². The van der Waals surface area contributed by atoms with Gasteiger partial charge in [-0.1, -0.05) is 12.1 Å². The molecule has 1 atom stereocenters. The zero-order valence-corrected chi connectivity index (χ0v) is 24.0. The lowest BCUT2D eigenvalue weighted by molar-refractivity contribution is -0.123. The minimum atomic E-state index is -3.77. The second kappa shape index (κ2) is 10.9. The lowest BCUT2D eigenvalue weighted by Crippen LogP contribution is -2.61. The number of fused-ring (bicyclic) bond motifs is 1. The number of rotatable bonds is 6. The number of nitrogens with zero attached hydrogens (tertiary/aromatic N) is 4. The Hall–Kier alpha value is -3.28. The zero-order valence-electron chi connectivity index (χ0n) is 23.2. The summed E-state index contributed by atoms with van der Waals surface area (Å²) in [6, 6.07) is 10.3. The van der Waals surface area contributed by atoms with Gasteiger partial charge in [-0.25, -0.2) is 18.2 Å². The van der Waals surface area contributed by atoms with Crippen LogP contribution < -0.4 is 0 Å². The molecule has 1 unspecified atom stereocenters. The van der Waals surface area contributed by atoms with Gasteiger partial charge in [0.25, 0.3) is 0 Å². The summed E-state index contributed by atoms with van der Waals surface area (Å²) in [5, 5.41) is 0. The van der Waals surface area contributed by atoms with Crippen LogP contribution in [-0.2, 0) is 25.9 Å². The first kappa shape index (κ1) is 28.3. The number of ether oxygens (including phenoxy) is 2. The Morgan fingerprint density at radius 1 is 1.07 bits per heavy atom. The van der Waals surface area contributed by atoms with Crippen molar-refractivity contribution in [2.45, 2.75) is 62.6 Å². The van der Waals surface area contributed by atoms with Crippen LogP contribution in [0.1, 0.15) is 56.0 Å². The summed E-state index contributed by atoms with van der Waals surface area (Å²) < 4.78 is 42.1. The van der Waals surface area contributed by atoms with Gasteiger partial charge in [0, 0.05) is 50.2 Å². The SMILES string of the molecule is CC(C)(C)OC(=O)N1CCCC2(C1)CN(S(=O)(=O)c1ccc(CCC(=O)c3ccc4nccn4c3)cc1)CCO2. The van der Waals surface area contributed by atoms with E-state index < -0.39 is 27.3 Å². The lowest BCUT2D eigenvalue weighted by atomic mass is 9.91. The Morgan fingerprint density at radius 2 is 1.85 bits per heavy atom. The van der Waals surface area contributed by atoms with Gasteiger partial charge in [0.2, 0.25) is 10.0 Å². The molecule has 10 nitrogen and oxygen atoms in total.